The third-order valence-electron chi connectivity index (χ3n) is 0. The average molecular weight is 403 g/mol. The Bertz CT molecular complexity index is 220. The molecule has 0 spiro atoms. The molecule has 0 aromatic rings. The SMILES string of the molecule is O.O.O.O.O.O.O=S(=O)([O-])[O-].O=S(=O)([O-])[O-].[K+].[K+].[Mg+2]. The van der Waals surface area contributed by atoms with Crippen LogP contribution in [0.2, 0.25) is 0 Å². The Labute approximate surface area is 210 Å². The topological polar surface area (TPSA) is 350 Å². The number of hydrogen-bond donors (Lipinski definition) is 0. The van der Waals surface area contributed by atoms with Crippen LogP contribution in [0.15, 0.2) is 0 Å². The van der Waals surface area contributed by atoms with Gasteiger partial charge in [0, 0.05) is 20.8 Å². The summed E-state index contributed by atoms with van der Waals surface area (Å²) in [6.45, 7) is 0. The zero-order valence-corrected chi connectivity index (χ0v) is 19.1. The van der Waals surface area contributed by atoms with Gasteiger partial charge in [-0.25, -0.2) is 0 Å². The zero-order valence-electron chi connectivity index (χ0n) is 9.79. The van der Waals surface area contributed by atoms with Crippen LogP contribution < -0.4 is 103 Å². The van der Waals surface area contributed by atoms with Gasteiger partial charge in [-0.3, -0.25) is 16.8 Å². The molecular weight excluding hydrogens is 391 g/mol. The van der Waals surface area contributed by atoms with Gasteiger partial charge in [0.05, 0.1) is 0 Å². The van der Waals surface area contributed by atoms with Gasteiger partial charge < -0.3 is 51.1 Å². The monoisotopic (exact) mass is 402 g/mol. The second-order valence-electron chi connectivity index (χ2n) is 0.816. The fourth-order valence-corrected chi connectivity index (χ4v) is 0. The van der Waals surface area contributed by atoms with Crippen LogP contribution in [0.4, 0.5) is 0 Å². The van der Waals surface area contributed by atoms with E-state index in [1.165, 1.54) is 0 Å². The summed E-state index contributed by atoms with van der Waals surface area (Å²) in [4.78, 5) is 0. The molecule has 0 saturated heterocycles. The Morgan fingerprint density at radius 1 is 0.474 bits per heavy atom. The quantitative estimate of drug-likeness (QED) is 0.212. The van der Waals surface area contributed by atoms with Gasteiger partial charge >= 0.3 is 126 Å². The van der Waals surface area contributed by atoms with Crippen LogP contribution in [0, 0.1) is 0 Å². The summed E-state index contributed by atoms with van der Waals surface area (Å²) >= 11 is 0. The van der Waals surface area contributed by atoms with Crippen molar-refractivity contribution in [3.8, 4) is 0 Å². The van der Waals surface area contributed by atoms with E-state index in [0.29, 0.717) is 0 Å². The first-order chi connectivity index (χ1) is 4.00. The van der Waals surface area contributed by atoms with Gasteiger partial charge in [0.1, 0.15) is 0 Å². The molecule has 0 aromatic carbocycles. The second kappa shape index (κ2) is 37.6. The molecule has 0 amide bonds. The van der Waals surface area contributed by atoms with Crippen molar-refractivity contribution < 1.29 is 171 Å². The molecule has 0 saturated carbocycles. The molecule has 0 aromatic heterocycles. The van der Waals surface area contributed by atoms with E-state index < -0.39 is 20.8 Å². The smallest absolute Gasteiger partial charge is 0.759 e. The Morgan fingerprint density at radius 3 is 0.474 bits per heavy atom. The van der Waals surface area contributed by atoms with Gasteiger partial charge in [0.2, 0.25) is 0 Å². The Balaban J connectivity index is -0.00000000508. The van der Waals surface area contributed by atoms with Crippen LogP contribution >= 0.6 is 0 Å². The molecule has 0 fully saturated rings. The first-order valence-electron chi connectivity index (χ1n) is 1.33. The Morgan fingerprint density at radius 2 is 0.474 bits per heavy atom. The number of hydrogen-bond acceptors (Lipinski definition) is 8. The fraction of sp³-hybridized carbons (Fsp3) is 0. The van der Waals surface area contributed by atoms with E-state index in [9.17, 15) is 0 Å². The molecule has 0 rings (SSSR count). The molecule has 0 aliphatic rings. The summed E-state index contributed by atoms with van der Waals surface area (Å²) in [7, 11) is -10.3. The van der Waals surface area contributed by atoms with Crippen molar-refractivity contribution in [1.29, 1.82) is 0 Å². The van der Waals surface area contributed by atoms with Gasteiger partial charge in [0.25, 0.3) is 0 Å². The van der Waals surface area contributed by atoms with Gasteiger partial charge in [-0.2, -0.15) is 0 Å². The van der Waals surface area contributed by atoms with E-state index >= 15 is 0 Å². The van der Waals surface area contributed by atoms with Crippen molar-refractivity contribution in [2.75, 3.05) is 0 Å². The van der Waals surface area contributed by atoms with Gasteiger partial charge in [-0.05, 0) is 0 Å². The van der Waals surface area contributed by atoms with E-state index in [2.05, 4.69) is 0 Å². The van der Waals surface area contributed by atoms with Crippen LogP contribution in [0.5, 0.6) is 0 Å². The van der Waals surface area contributed by atoms with Crippen molar-refractivity contribution in [3.05, 3.63) is 0 Å². The molecule has 0 atom stereocenters. The zero-order chi connectivity index (χ0) is 9.00. The van der Waals surface area contributed by atoms with E-state index in [4.69, 9.17) is 35.0 Å². The first kappa shape index (κ1) is 78.5. The van der Waals surface area contributed by atoms with Crippen LogP contribution in [0.25, 0.3) is 0 Å². The van der Waals surface area contributed by atoms with Crippen molar-refractivity contribution in [2.45, 2.75) is 0 Å². The molecule has 0 heterocycles. The molecule has 0 aliphatic carbocycles. The van der Waals surface area contributed by atoms with Crippen LogP contribution in [0.3, 0.4) is 0 Å². The van der Waals surface area contributed by atoms with E-state index in [1.54, 1.807) is 0 Å². The first-order valence-corrected chi connectivity index (χ1v) is 4.00. The molecule has 0 aliphatic heterocycles. The summed E-state index contributed by atoms with van der Waals surface area (Å²) in [6.07, 6.45) is 0. The van der Waals surface area contributed by atoms with Crippen LogP contribution in [-0.4, -0.2) is 91.0 Å². The average Bonchev–Trinajstić information content (AvgIpc) is 1.12. The predicted molar refractivity (Wildman–Crippen MR) is 48.4 cm³/mol. The maximum absolute atomic E-state index is 8.52. The van der Waals surface area contributed by atoms with Crippen LogP contribution in [0.1, 0.15) is 0 Å². The molecule has 19 heavy (non-hydrogen) atoms. The van der Waals surface area contributed by atoms with Gasteiger partial charge in [0.15, 0.2) is 0 Å². The van der Waals surface area contributed by atoms with Gasteiger partial charge in [-0.15, -0.1) is 0 Å². The fourth-order valence-electron chi connectivity index (χ4n) is 0. The van der Waals surface area contributed by atoms with Crippen molar-refractivity contribution >= 4 is 43.9 Å². The minimum absolute atomic E-state index is 0. The Kier molecular flexibility index (Phi) is 156. The summed E-state index contributed by atoms with van der Waals surface area (Å²) in [5.41, 5.74) is 0. The molecule has 0 unspecified atom stereocenters. The molecule has 12 N–H and O–H groups in total. The molecule has 0 radical (unpaired) electrons. The third-order valence-corrected chi connectivity index (χ3v) is 0. The standard InChI is InChI=1S/2K.Mg.2H2O4S.6H2O/c;;;2*1-5(2,3)4;;;;;;/h;;;2*(H2,1,2,3,4);6*1H2/q2*+1;+2;;;;;;;;/p-4. The summed E-state index contributed by atoms with van der Waals surface area (Å²) < 4.78 is 68.2. The third kappa shape index (κ3) is 657. The maximum atomic E-state index is 8.52. The molecular formula is H12K2MgO14S2. The Hall–Kier alpha value is 3.54. The normalized spacial score (nSPS) is 6.11. The van der Waals surface area contributed by atoms with Crippen molar-refractivity contribution in [2.24, 2.45) is 0 Å². The predicted octanol–water partition coefficient (Wildman–Crippen LogP) is -14.0. The van der Waals surface area contributed by atoms with Crippen molar-refractivity contribution in [3.63, 3.8) is 0 Å². The van der Waals surface area contributed by atoms with E-state index in [-0.39, 0.29) is 159 Å². The van der Waals surface area contributed by atoms with Crippen LogP contribution in [-0.2, 0) is 20.8 Å². The van der Waals surface area contributed by atoms with Crippen molar-refractivity contribution in [1.82, 2.24) is 0 Å². The minimum Gasteiger partial charge on any atom is -0.759 e. The van der Waals surface area contributed by atoms with Gasteiger partial charge in [-0.1, -0.05) is 0 Å². The largest absolute Gasteiger partial charge is 2.00 e. The molecule has 14 nitrogen and oxygen atoms in total. The maximum Gasteiger partial charge on any atom is 2.00 e. The summed E-state index contributed by atoms with van der Waals surface area (Å²) in [6, 6.07) is 0. The summed E-state index contributed by atoms with van der Waals surface area (Å²) in [5.74, 6) is 0. The molecule has 19 heteroatoms. The van der Waals surface area contributed by atoms with E-state index in [1.807, 2.05) is 0 Å². The second-order valence-corrected chi connectivity index (χ2v) is 2.45. The molecule has 112 valence electrons. The summed E-state index contributed by atoms with van der Waals surface area (Å²) in [5, 5.41) is 0. The molecule has 0 bridgehead atoms. The number of rotatable bonds is 0. The van der Waals surface area contributed by atoms with E-state index in [0.717, 1.165) is 0 Å². The minimum atomic E-state index is -5.17.